The molecule has 0 saturated carbocycles. The van der Waals surface area contributed by atoms with Crippen molar-refractivity contribution in [1.29, 1.82) is 0 Å². The molecule has 2 bridgehead atoms. The molecule has 0 aromatic rings. The van der Waals surface area contributed by atoms with E-state index in [2.05, 4.69) is 26.0 Å². The largest absolute Gasteiger partial charge is 0.459 e. The maximum absolute atomic E-state index is 11.7. The zero-order valence-electron chi connectivity index (χ0n) is 17.4. The highest BCUT2D eigenvalue weighted by Gasteiger charge is 2.49. The van der Waals surface area contributed by atoms with E-state index in [0.717, 1.165) is 38.5 Å². The van der Waals surface area contributed by atoms with E-state index in [1.54, 1.807) is 6.92 Å². The molecule has 0 aromatic heterocycles. The normalized spacial score (nSPS) is 38.9. The van der Waals surface area contributed by atoms with E-state index < -0.39 is 11.2 Å². The van der Waals surface area contributed by atoms with Crippen molar-refractivity contribution in [2.24, 2.45) is 5.92 Å². The van der Waals surface area contributed by atoms with Gasteiger partial charge in [-0.05, 0) is 66.2 Å². The predicted molar refractivity (Wildman–Crippen MR) is 109 cm³/mol. The topological polar surface area (TPSA) is 55.8 Å². The lowest BCUT2D eigenvalue weighted by Crippen LogP contribution is -2.56. The lowest BCUT2D eigenvalue weighted by atomic mass is 9.74. The lowest BCUT2D eigenvalue weighted by molar-refractivity contribution is -0.213. The van der Waals surface area contributed by atoms with Gasteiger partial charge in [-0.25, -0.2) is 0 Å². The average molecular weight is 399 g/mol. The molecule has 2 heterocycles. The quantitative estimate of drug-likeness (QED) is 0.416. The van der Waals surface area contributed by atoms with Crippen LogP contribution in [0, 0.1) is 5.92 Å². The Balaban J connectivity index is 2.40. The molecule has 5 atom stereocenters. The van der Waals surface area contributed by atoms with E-state index >= 15 is 0 Å². The molecule has 5 heteroatoms. The van der Waals surface area contributed by atoms with Gasteiger partial charge < -0.3 is 14.6 Å². The number of fused-ring (bicyclic) bond motifs is 2. The molecule has 2 aliphatic rings. The van der Waals surface area contributed by atoms with Crippen LogP contribution >= 0.6 is 11.6 Å². The molecular weight excluding hydrogens is 364 g/mol. The highest BCUT2D eigenvalue weighted by molar-refractivity contribution is 6.18. The summed E-state index contributed by atoms with van der Waals surface area (Å²) in [5.74, 6) is -0.205. The van der Waals surface area contributed by atoms with Gasteiger partial charge in [-0.1, -0.05) is 23.3 Å². The Morgan fingerprint density at radius 3 is 2.70 bits per heavy atom. The minimum absolute atomic E-state index is 0.0868. The fourth-order valence-electron chi connectivity index (χ4n) is 4.27. The van der Waals surface area contributed by atoms with Crippen molar-refractivity contribution in [3.05, 3.63) is 23.3 Å². The van der Waals surface area contributed by atoms with Crippen LogP contribution in [0.25, 0.3) is 0 Å². The van der Waals surface area contributed by atoms with Crippen LogP contribution in [0.15, 0.2) is 23.3 Å². The van der Waals surface area contributed by atoms with E-state index in [1.807, 2.05) is 6.92 Å². The van der Waals surface area contributed by atoms with Crippen LogP contribution in [-0.2, 0) is 14.3 Å². The third-order valence-electron chi connectivity index (χ3n) is 6.09. The molecule has 0 radical (unpaired) electrons. The number of carbonyl (C=O) groups excluding carboxylic acids is 1. The number of esters is 1. The van der Waals surface area contributed by atoms with Crippen LogP contribution in [0.1, 0.15) is 73.1 Å². The van der Waals surface area contributed by atoms with Gasteiger partial charge in [0, 0.05) is 12.8 Å². The summed E-state index contributed by atoms with van der Waals surface area (Å²) in [6.45, 7) is 9.52. The van der Waals surface area contributed by atoms with E-state index in [-0.39, 0.29) is 30.0 Å². The number of halogens is 1. The van der Waals surface area contributed by atoms with Crippen LogP contribution < -0.4 is 0 Å². The first-order valence-corrected chi connectivity index (χ1v) is 10.6. The molecule has 0 spiro atoms. The van der Waals surface area contributed by atoms with Gasteiger partial charge in [-0.15, -0.1) is 11.6 Å². The minimum atomic E-state index is -1.01. The number of carbonyl (C=O) groups is 1. The summed E-state index contributed by atoms with van der Waals surface area (Å²) in [5, 5.41) is 10.8. The second kappa shape index (κ2) is 9.11. The van der Waals surface area contributed by atoms with Gasteiger partial charge in [0.25, 0.3) is 0 Å². The predicted octanol–water partition coefficient (Wildman–Crippen LogP) is 4.93. The standard InChI is InChI=1S/C22H35ClO4/c1-15-7-6-8-16(2)13-19-18(21(4,25)14-23)11-12-22(5,27-19)20(10-9-15)26-17(3)24/h7,13,18-20,25H,6,8-12,14H2,1-5H3/b15-7+,16-13-/t18-,19+,20-,21-,22+/m0/s1. The number of alkyl halides is 1. The molecule has 0 aromatic carbocycles. The summed E-state index contributed by atoms with van der Waals surface area (Å²) in [7, 11) is 0. The smallest absolute Gasteiger partial charge is 0.303 e. The zero-order valence-corrected chi connectivity index (χ0v) is 18.1. The van der Waals surface area contributed by atoms with Gasteiger partial charge >= 0.3 is 5.97 Å². The summed E-state index contributed by atoms with van der Waals surface area (Å²) in [6, 6.07) is 0. The Kier molecular flexibility index (Phi) is 7.57. The molecule has 2 rings (SSSR count). The van der Waals surface area contributed by atoms with Crippen LogP contribution in [0.3, 0.4) is 0 Å². The molecule has 27 heavy (non-hydrogen) atoms. The highest BCUT2D eigenvalue weighted by atomic mass is 35.5. The lowest BCUT2D eigenvalue weighted by Gasteiger charge is -2.49. The van der Waals surface area contributed by atoms with Gasteiger partial charge in [-0.2, -0.15) is 0 Å². The Bertz CT molecular complexity index is 595. The third-order valence-corrected chi connectivity index (χ3v) is 6.63. The number of rotatable bonds is 3. The fourth-order valence-corrected chi connectivity index (χ4v) is 4.47. The van der Waals surface area contributed by atoms with Crippen LogP contribution in [0.2, 0.25) is 0 Å². The third kappa shape index (κ3) is 5.82. The molecule has 2 aliphatic heterocycles. The molecule has 4 nitrogen and oxygen atoms in total. The SMILES string of the molecule is CC(=O)O[C@H]1CC/C(C)=C/CC/C(C)=C\[C@H]2O[C@]1(C)CC[C@@H]2[C@@](C)(O)CCl. The summed E-state index contributed by atoms with van der Waals surface area (Å²) in [5.41, 5.74) is 0.980. The Morgan fingerprint density at radius 2 is 2.07 bits per heavy atom. The number of aliphatic hydroxyl groups is 1. The Hall–Kier alpha value is -0.840. The second-order valence-corrected chi connectivity index (χ2v) is 9.04. The van der Waals surface area contributed by atoms with E-state index in [4.69, 9.17) is 21.1 Å². The molecule has 0 amide bonds. The average Bonchev–Trinajstić information content (AvgIpc) is 2.57. The van der Waals surface area contributed by atoms with Crippen molar-refractivity contribution in [3.8, 4) is 0 Å². The van der Waals surface area contributed by atoms with Crippen molar-refractivity contribution in [1.82, 2.24) is 0 Å². The Morgan fingerprint density at radius 1 is 1.37 bits per heavy atom. The fraction of sp³-hybridized carbons (Fsp3) is 0.773. The molecule has 154 valence electrons. The molecule has 1 fully saturated rings. The summed E-state index contributed by atoms with van der Waals surface area (Å²) >= 11 is 6.06. The van der Waals surface area contributed by atoms with Crippen molar-refractivity contribution in [2.75, 3.05) is 5.88 Å². The summed E-state index contributed by atoms with van der Waals surface area (Å²) in [4.78, 5) is 11.7. The van der Waals surface area contributed by atoms with Gasteiger partial charge in [0.15, 0.2) is 0 Å². The first-order chi connectivity index (χ1) is 12.6. The molecular formula is C22H35ClO4. The van der Waals surface area contributed by atoms with E-state index in [9.17, 15) is 9.90 Å². The maximum atomic E-state index is 11.7. The number of hydrogen-bond acceptors (Lipinski definition) is 4. The Labute approximate surface area is 168 Å². The second-order valence-electron chi connectivity index (χ2n) is 8.77. The van der Waals surface area contributed by atoms with Crippen molar-refractivity contribution >= 4 is 17.6 Å². The number of hydrogen-bond donors (Lipinski definition) is 1. The maximum Gasteiger partial charge on any atom is 0.303 e. The van der Waals surface area contributed by atoms with Crippen LogP contribution in [-0.4, -0.2) is 40.4 Å². The highest BCUT2D eigenvalue weighted by Crippen LogP contribution is 2.43. The van der Waals surface area contributed by atoms with Crippen LogP contribution in [0.4, 0.5) is 0 Å². The van der Waals surface area contributed by atoms with Gasteiger partial charge in [0.05, 0.1) is 17.6 Å². The number of allylic oxidation sites excluding steroid dienone is 3. The van der Waals surface area contributed by atoms with Gasteiger partial charge in [0.2, 0.25) is 0 Å². The monoisotopic (exact) mass is 398 g/mol. The van der Waals surface area contributed by atoms with Crippen molar-refractivity contribution in [2.45, 2.75) is 96.6 Å². The first-order valence-electron chi connectivity index (χ1n) is 10.0. The molecule has 0 unspecified atom stereocenters. The van der Waals surface area contributed by atoms with Crippen molar-refractivity contribution < 1.29 is 19.4 Å². The summed E-state index contributed by atoms with van der Waals surface area (Å²) < 4.78 is 12.3. The van der Waals surface area contributed by atoms with Gasteiger partial charge in [-0.3, -0.25) is 4.79 Å². The molecule has 1 saturated heterocycles. The van der Waals surface area contributed by atoms with E-state index in [1.165, 1.54) is 18.1 Å². The minimum Gasteiger partial charge on any atom is -0.459 e. The van der Waals surface area contributed by atoms with Gasteiger partial charge in [0.1, 0.15) is 11.7 Å². The molecule has 0 aliphatic carbocycles. The number of ether oxygens (including phenoxy) is 2. The molecule has 1 N–H and O–H groups in total. The first kappa shape index (κ1) is 22.4. The van der Waals surface area contributed by atoms with Crippen LogP contribution in [0.5, 0.6) is 0 Å². The van der Waals surface area contributed by atoms with Crippen molar-refractivity contribution in [3.63, 3.8) is 0 Å². The van der Waals surface area contributed by atoms with E-state index in [0.29, 0.717) is 0 Å². The summed E-state index contributed by atoms with van der Waals surface area (Å²) in [6.07, 6.45) is 8.91. The zero-order chi connectivity index (χ0) is 20.2.